The van der Waals surface area contributed by atoms with E-state index >= 15 is 0 Å². The number of allylic oxidation sites excluding steroid dienone is 2. The number of likely N-dealkylation sites (N-methyl/N-ethyl adjacent to an activating group) is 1. The summed E-state index contributed by atoms with van der Waals surface area (Å²) in [6.07, 6.45) is 55.9. The van der Waals surface area contributed by atoms with Crippen LogP contribution in [0.2, 0.25) is 0 Å². The van der Waals surface area contributed by atoms with Crippen molar-refractivity contribution in [3.63, 3.8) is 0 Å². The normalized spacial score (nSPS) is 12.8. The lowest BCUT2D eigenvalue weighted by Crippen LogP contribution is -2.40. The number of carboxylic acids is 1. The molecule has 0 aliphatic rings. The quantitative estimate of drug-likeness (QED) is 0.0211. The maximum atomic E-state index is 12.8. The van der Waals surface area contributed by atoms with Gasteiger partial charge in [-0.2, -0.15) is 0 Å². The van der Waals surface area contributed by atoms with Gasteiger partial charge in [-0.15, -0.1) is 0 Å². The van der Waals surface area contributed by atoms with E-state index in [0.717, 1.165) is 51.4 Å². The zero-order chi connectivity index (χ0) is 49.9. The number of quaternary nitrogens is 1. The molecule has 0 rings (SSSR count). The molecule has 0 aromatic carbocycles. The van der Waals surface area contributed by atoms with E-state index in [4.69, 9.17) is 18.9 Å². The van der Waals surface area contributed by atoms with Crippen molar-refractivity contribution >= 4 is 17.9 Å². The Kier molecular flexibility index (Phi) is 49.9. The molecule has 0 aliphatic carbocycles. The van der Waals surface area contributed by atoms with Crippen molar-refractivity contribution in [2.45, 2.75) is 302 Å². The minimum atomic E-state index is -1.51. The molecule has 0 heterocycles. The van der Waals surface area contributed by atoms with E-state index in [9.17, 15) is 19.5 Å². The zero-order valence-corrected chi connectivity index (χ0v) is 45.8. The van der Waals surface area contributed by atoms with Crippen LogP contribution < -0.4 is 0 Å². The summed E-state index contributed by atoms with van der Waals surface area (Å²) in [6, 6.07) is 0. The SMILES string of the molecule is CCCCCCC/C=C\CCCCCCCC(=O)OC(COC(=O)CCCCCCCCCCCCCCCCCCCCCCCCCCCCCCC)COC(OCC[N+](C)(C)C)C(=O)O. The van der Waals surface area contributed by atoms with Crippen LogP contribution in [0.4, 0.5) is 0 Å². The molecule has 0 aromatic rings. The van der Waals surface area contributed by atoms with Gasteiger partial charge in [0.15, 0.2) is 6.10 Å². The van der Waals surface area contributed by atoms with Gasteiger partial charge in [-0.25, -0.2) is 4.79 Å². The van der Waals surface area contributed by atoms with E-state index in [2.05, 4.69) is 26.0 Å². The average Bonchev–Trinajstić information content (AvgIpc) is 3.30. The van der Waals surface area contributed by atoms with E-state index in [1.54, 1.807) is 0 Å². The molecule has 9 heteroatoms. The third-order valence-corrected chi connectivity index (χ3v) is 13.3. The summed E-state index contributed by atoms with van der Waals surface area (Å²) in [7, 11) is 5.97. The molecule has 0 saturated heterocycles. The zero-order valence-electron chi connectivity index (χ0n) is 45.8. The van der Waals surface area contributed by atoms with E-state index in [1.807, 2.05) is 21.1 Å². The number of carbonyl (C=O) groups is 3. The number of ether oxygens (including phenoxy) is 4. The third-order valence-electron chi connectivity index (χ3n) is 13.3. The number of carbonyl (C=O) groups excluding carboxylic acids is 2. The van der Waals surface area contributed by atoms with Crippen LogP contribution in [0.15, 0.2) is 12.2 Å². The second-order valence-electron chi connectivity index (χ2n) is 21.3. The molecule has 0 aromatic heterocycles. The van der Waals surface area contributed by atoms with Crippen LogP contribution in [0.1, 0.15) is 290 Å². The van der Waals surface area contributed by atoms with Crippen LogP contribution in [-0.2, 0) is 33.3 Å². The van der Waals surface area contributed by atoms with Crippen LogP contribution in [0.3, 0.4) is 0 Å². The predicted molar refractivity (Wildman–Crippen MR) is 286 cm³/mol. The monoisotopic (exact) mass is 965 g/mol. The first-order valence-electron chi connectivity index (χ1n) is 29.4. The Labute approximate surface area is 421 Å². The second kappa shape index (κ2) is 51.4. The molecule has 402 valence electrons. The van der Waals surface area contributed by atoms with Crippen LogP contribution in [0, 0.1) is 0 Å². The Morgan fingerprint density at radius 2 is 0.750 bits per heavy atom. The van der Waals surface area contributed by atoms with Gasteiger partial charge in [0, 0.05) is 12.8 Å². The Balaban J connectivity index is 4.07. The van der Waals surface area contributed by atoms with Crippen molar-refractivity contribution < 1.29 is 42.9 Å². The highest BCUT2D eigenvalue weighted by Crippen LogP contribution is 2.18. The number of hydrogen-bond acceptors (Lipinski definition) is 7. The number of esters is 2. The number of unbranched alkanes of at least 4 members (excludes halogenated alkanes) is 38. The molecule has 1 N–H and O–H groups in total. The number of nitrogens with zero attached hydrogens (tertiary/aromatic N) is 1. The molecule has 0 radical (unpaired) electrons. The number of carboxylic acid groups (broad SMARTS) is 1. The number of hydrogen-bond donors (Lipinski definition) is 1. The fourth-order valence-electron chi connectivity index (χ4n) is 8.72. The Bertz CT molecular complexity index is 1120. The standard InChI is InChI=1S/C59H113NO8/c1-6-8-10-12-14-16-18-20-22-23-24-25-26-27-28-29-30-31-32-33-34-35-36-38-39-41-43-45-47-49-56(61)66-53-55(54-67-59(58(63)64)65-52-51-60(3,4)5)68-57(62)50-48-46-44-42-40-37-21-19-17-15-13-11-9-7-2/h19,21,55,59H,6-18,20,22-54H2,1-5H3/p+1/b21-19-. The van der Waals surface area contributed by atoms with Gasteiger partial charge in [0.25, 0.3) is 6.29 Å². The van der Waals surface area contributed by atoms with E-state index in [1.165, 1.54) is 205 Å². The molecular formula is C59H114NO8+. The van der Waals surface area contributed by atoms with Crippen molar-refractivity contribution in [3.05, 3.63) is 12.2 Å². The molecule has 9 nitrogen and oxygen atoms in total. The lowest BCUT2D eigenvalue weighted by atomic mass is 10.0. The molecule has 2 atom stereocenters. The van der Waals surface area contributed by atoms with Crippen LogP contribution in [0.5, 0.6) is 0 Å². The highest BCUT2D eigenvalue weighted by atomic mass is 16.7. The van der Waals surface area contributed by atoms with Gasteiger partial charge < -0.3 is 28.5 Å². The van der Waals surface area contributed by atoms with Crippen molar-refractivity contribution in [1.82, 2.24) is 0 Å². The van der Waals surface area contributed by atoms with E-state index in [-0.39, 0.29) is 32.2 Å². The summed E-state index contributed by atoms with van der Waals surface area (Å²) in [4.78, 5) is 37.3. The number of rotatable bonds is 55. The highest BCUT2D eigenvalue weighted by molar-refractivity contribution is 5.71. The Hall–Kier alpha value is -1.97. The lowest BCUT2D eigenvalue weighted by molar-refractivity contribution is -0.870. The van der Waals surface area contributed by atoms with Gasteiger partial charge in [-0.1, -0.05) is 251 Å². The predicted octanol–water partition coefficient (Wildman–Crippen LogP) is 17.0. The minimum absolute atomic E-state index is 0.179. The maximum Gasteiger partial charge on any atom is 0.361 e. The fourth-order valence-corrected chi connectivity index (χ4v) is 8.72. The summed E-state index contributed by atoms with van der Waals surface area (Å²) < 4.78 is 22.9. The van der Waals surface area contributed by atoms with E-state index in [0.29, 0.717) is 23.9 Å². The third kappa shape index (κ3) is 51.9. The Morgan fingerprint density at radius 1 is 0.426 bits per heavy atom. The highest BCUT2D eigenvalue weighted by Gasteiger charge is 2.25. The van der Waals surface area contributed by atoms with Crippen LogP contribution in [0.25, 0.3) is 0 Å². The van der Waals surface area contributed by atoms with Crippen molar-refractivity contribution in [2.24, 2.45) is 0 Å². The molecule has 68 heavy (non-hydrogen) atoms. The van der Waals surface area contributed by atoms with Crippen molar-refractivity contribution in [1.29, 1.82) is 0 Å². The first-order chi connectivity index (χ1) is 33.1. The van der Waals surface area contributed by atoms with Crippen LogP contribution >= 0.6 is 0 Å². The molecule has 0 aliphatic heterocycles. The van der Waals surface area contributed by atoms with Gasteiger partial charge in [0.1, 0.15) is 13.2 Å². The topological polar surface area (TPSA) is 108 Å². The Morgan fingerprint density at radius 3 is 1.09 bits per heavy atom. The average molecular weight is 966 g/mol. The van der Waals surface area contributed by atoms with E-state index < -0.39 is 24.3 Å². The van der Waals surface area contributed by atoms with Gasteiger partial charge in [-0.3, -0.25) is 9.59 Å². The van der Waals surface area contributed by atoms with Gasteiger partial charge >= 0.3 is 17.9 Å². The second-order valence-corrected chi connectivity index (χ2v) is 21.3. The molecule has 2 unspecified atom stereocenters. The smallest absolute Gasteiger partial charge is 0.361 e. The summed E-state index contributed by atoms with van der Waals surface area (Å²) in [5.74, 6) is -2.00. The molecular weight excluding hydrogens is 851 g/mol. The molecule has 0 spiro atoms. The molecule has 0 saturated carbocycles. The van der Waals surface area contributed by atoms with Crippen LogP contribution in [-0.4, -0.2) is 87.4 Å². The van der Waals surface area contributed by atoms with Gasteiger partial charge in [0.2, 0.25) is 0 Å². The van der Waals surface area contributed by atoms with Crippen molar-refractivity contribution in [3.8, 4) is 0 Å². The summed E-state index contributed by atoms with van der Waals surface area (Å²) in [5, 5.41) is 9.68. The molecule has 0 fully saturated rings. The summed E-state index contributed by atoms with van der Waals surface area (Å²) >= 11 is 0. The fraction of sp³-hybridized carbons (Fsp3) is 0.915. The lowest BCUT2D eigenvalue weighted by Gasteiger charge is -2.25. The maximum absolute atomic E-state index is 12.8. The van der Waals surface area contributed by atoms with Gasteiger partial charge in [0.05, 0.1) is 34.4 Å². The first kappa shape index (κ1) is 66.0. The summed E-state index contributed by atoms with van der Waals surface area (Å²) in [6.45, 7) is 4.90. The largest absolute Gasteiger partial charge is 0.477 e. The number of aliphatic carboxylic acids is 1. The van der Waals surface area contributed by atoms with Crippen molar-refractivity contribution in [2.75, 3.05) is 47.5 Å². The minimum Gasteiger partial charge on any atom is -0.477 e. The van der Waals surface area contributed by atoms with Gasteiger partial charge in [-0.05, 0) is 38.5 Å². The first-order valence-corrected chi connectivity index (χ1v) is 29.4. The molecule has 0 amide bonds. The summed E-state index contributed by atoms with van der Waals surface area (Å²) in [5.41, 5.74) is 0. The molecule has 0 bridgehead atoms.